The highest BCUT2D eigenvalue weighted by molar-refractivity contribution is 9.13. The minimum atomic E-state index is -0.283. The van der Waals surface area contributed by atoms with E-state index in [1.54, 1.807) is 19.1 Å². The van der Waals surface area contributed by atoms with E-state index in [0.29, 0.717) is 16.1 Å². The molecule has 0 saturated carbocycles. The van der Waals surface area contributed by atoms with Crippen LogP contribution in [0.5, 0.6) is 0 Å². The van der Waals surface area contributed by atoms with Crippen molar-refractivity contribution in [1.82, 2.24) is 0 Å². The van der Waals surface area contributed by atoms with E-state index in [1.165, 1.54) is 23.5 Å². The van der Waals surface area contributed by atoms with Crippen LogP contribution in [0.4, 0.5) is 10.1 Å². The van der Waals surface area contributed by atoms with E-state index in [2.05, 4.69) is 37.2 Å². The highest BCUT2D eigenvalue weighted by atomic mass is 79.9. The molecule has 0 aliphatic heterocycles. The van der Waals surface area contributed by atoms with Gasteiger partial charge in [-0.2, -0.15) is 0 Å². The first-order chi connectivity index (χ1) is 8.47. The third-order valence-electron chi connectivity index (χ3n) is 2.28. The Hall–Kier alpha value is -0.720. The smallest absolute Gasteiger partial charge is 0.265 e. The van der Waals surface area contributed by atoms with Crippen molar-refractivity contribution >= 4 is 54.8 Å². The van der Waals surface area contributed by atoms with Gasteiger partial charge < -0.3 is 5.32 Å². The normalized spacial score (nSPS) is 10.4. The Balaban J connectivity index is 2.18. The molecular formula is C12H8Br2FNOS. The van der Waals surface area contributed by atoms with E-state index in [9.17, 15) is 9.18 Å². The van der Waals surface area contributed by atoms with Crippen LogP contribution in [0.25, 0.3) is 0 Å². The van der Waals surface area contributed by atoms with Crippen LogP contribution in [-0.4, -0.2) is 5.91 Å². The van der Waals surface area contributed by atoms with E-state index in [4.69, 9.17) is 0 Å². The van der Waals surface area contributed by atoms with Gasteiger partial charge in [-0.05, 0) is 68.6 Å². The van der Waals surface area contributed by atoms with Gasteiger partial charge in [-0.25, -0.2) is 4.39 Å². The zero-order valence-electron chi connectivity index (χ0n) is 9.26. The largest absolute Gasteiger partial charge is 0.321 e. The summed E-state index contributed by atoms with van der Waals surface area (Å²) in [5.74, 6) is -0.494. The quantitative estimate of drug-likeness (QED) is 0.767. The average Bonchev–Trinajstić information content (AvgIpc) is 2.65. The number of amides is 1. The number of hydrogen-bond acceptors (Lipinski definition) is 2. The molecule has 1 aromatic carbocycles. The summed E-state index contributed by atoms with van der Waals surface area (Å²) in [7, 11) is 0. The number of rotatable bonds is 2. The van der Waals surface area contributed by atoms with Crippen LogP contribution in [-0.2, 0) is 0 Å². The van der Waals surface area contributed by atoms with Crippen molar-refractivity contribution in [3.8, 4) is 0 Å². The van der Waals surface area contributed by atoms with Gasteiger partial charge in [-0.1, -0.05) is 0 Å². The van der Waals surface area contributed by atoms with Crippen LogP contribution < -0.4 is 5.32 Å². The highest BCUT2D eigenvalue weighted by Crippen LogP contribution is 2.32. The molecule has 18 heavy (non-hydrogen) atoms. The summed E-state index contributed by atoms with van der Waals surface area (Å²) in [6, 6.07) is 6.22. The second-order valence-corrected chi connectivity index (χ2v) is 6.87. The maximum atomic E-state index is 13.1. The fourth-order valence-corrected chi connectivity index (χ4v) is 3.30. The lowest BCUT2D eigenvalue weighted by Crippen LogP contribution is -2.10. The molecular weight excluding hydrogens is 385 g/mol. The number of hydrogen-bond donors (Lipinski definition) is 1. The van der Waals surface area contributed by atoms with E-state index in [0.717, 1.165) is 8.26 Å². The van der Waals surface area contributed by atoms with Crippen LogP contribution in [0.2, 0.25) is 0 Å². The molecule has 1 heterocycles. The summed E-state index contributed by atoms with van der Waals surface area (Å²) in [6.45, 7) is 1.66. The number of nitrogens with one attached hydrogen (secondary N) is 1. The first kappa shape index (κ1) is 13.7. The standard InChI is InChI=1S/C12H8Br2FNOS/c1-6-4-7(2-3-9(6)15)16-12(17)10-5-8(13)11(14)18-10/h2-5H,1H3,(H,16,17). The zero-order valence-corrected chi connectivity index (χ0v) is 13.2. The summed E-state index contributed by atoms with van der Waals surface area (Å²) in [6.07, 6.45) is 0. The van der Waals surface area contributed by atoms with Crippen LogP contribution in [0, 0.1) is 12.7 Å². The van der Waals surface area contributed by atoms with Crippen molar-refractivity contribution in [3.05, 3.63) is 48.8 Å². The summed E-state index contributed by atoms with van der Waals surface area (Å²) in [5, 5.41) is 2.73. The Morgan fingerprint density at radius 3 is 2.61 bits per heavy atom. The van der Waals surface area contributed by atoms with Crippen molar-refractivity contribution < 1.29 is 9.18 Å². The molecule has 94 valence electrons. The molecule has 0 fully saturated rings. The molecule has 6 heteroatoms. The van der Waals surface area contributed by atoms with Gasteiger partial charge in [-0.15, -0.1) is 11.3 Å². The third kappa shape index (κ3) is 2.99. The van der Waals surface area contributed by atoms with Gasteiger partial charge in [0, 0.05) is 10.2 Å². The van der Waals surface area contributed by atoms with Crippen LogP contribution in [0.1, 0.15) is 15.2 Å². The predicted octanol–water partition coefficient (Wildman–Crippen LogP) is 4.97. The number of anilines is 1. The summed E-state index contributed by atoms with van der Waals surface area (Å²) < 4.78 is 14.8. The lowest BCUT2D eigenvalue weighted by molar-refractivity contribution is 0.103. The number of halogens is 3. The van der Waals surface area contributed by atoms with Crippen LogP contribution in [0.3, 0.4) is 0 Å². The molecule has 0 aliphatic carbocycles. The van der Waals surface area contributed by atoms with E-state index >= 15 is 0 Å². The molecule has 0 bridgehead atoms. The molecule has 1 aromatic heterocycles. The molecule has 1 amide bonds. The highest BCUT2D eigenvalue weighted by Gasteiger charge is 2.12. The monoisotopic (exact) mass is 391 g/mol. The minimum Gasteiger partial charge on any atom is -0.321 e. The summed E-state index contributed by atoms with van der Waals surface area (Å²) in [4.78, 5) is 12.5. The topological polar surface area (TPSA) is 29.1 Å². The van der Waals surface area contributed by atoms with Crippen LogP contribution >= 0.6 is 43.2 Å². The van der Waals surface area contributed by atoms with E-state index < -0.39 is 0 Å². The van der Waals surface area contributed by atoms with Gasteiger partial charge >= 0.3 is 0 Å². The average molecular weight is 393 g/mol. The van der Waals surface area contributed by atoms with E-state index in [-0.39, 0.29) is 11.7 Å². The Morgan fingerprint density at radius 2 is 2.06 bits per heavy atom. The second-order valence-electron chi connectivity index (χ2n) is 3.65. The SMILES string of the molecule is Cc1cc(NC(=O)c2cc(Br)c(Br)s2)ccc1F. The molecule has 1 N–H and O–H groups in total. The third-order valence-corrected chi connectivity index (χ3v) is 5.54. The van der Waals surface area contributed by atoms with Crippen molar-refractivity contribution in [3.63, 3.8) is 0 Å². The Morgan fingerprint density at radius 1 is 1.33 bits per heavy atom. The fraction of sp³-hybridized carbons (Fsp3) is 0.0833. The maximum absolute atomic E-state index is 13.1. The van der Waals surface area contributed by atoms with Gasteiger partial charge in [0.15, 0.2) is 0 Å². The molecule has 2 rings (SSSR count). The van der Waals surface area contributed by atoms with Gasteiger partial charge in [0.2, 0.25) is 0 Å². The lowest BCUT2D eigenvalue weighted by atomic mass is 10.2. The van der Waals surface area contributed by atoms with Crippen LogP contribution in [0.15, 0.2) is 32.5 Å². The lowest BCUT2D eigenvalue weighted by Gasteiger charge is -2.04. The Kier molecular flexibility index (Phi) is 4.19. The molecule has 2 aromatic rings. The zero-order chi connectivity index (χ0) is 13.3. The predicted molar refractivity (Wildman–Crippen MR) is 78.8 cm³/mol. The van der Waals surface area contributed by atoms with Gasteiger partial charge in [0.1, 0.15) is 5.82 Å². The molecule has 2 nitrogen and oxygen atoms in total. The Bertz CT molecular complexity index is 593. The summed E-state index contributed by atoms with van der Waals surface area (Å²) >= 11 is 7.99. The first-order valence-electron chi connectivity index (χ1n) is 4.99. The molecule has 0 saturated heterocycles. The van der Waals surface area contributed by atoms with Gasteiger partial charge in [-0.3, -0.25) is 4.79 Å². The minimum absolute atomic E-state index is 0.211. The number of carbonyl (C=O) groups excluding carboxylic acids is 1. The van der Waals surface area contributed by atoms with Gasteiger partial charge in [0.25, 0.3) is 5.91 Å². The number of benzene rings is 1. The summed E-state index contributed by atoms with van der Waals surface area (Å²) in [5.41, 5.74) is 1.08. The first-order valence-corrected chi connectivity index (χ1v) is 7.40. The maximum Gasteiger partial charge on any atom is 0.265 e. The van der Waals surface area contributed by atoms with Crippen molar-refractivity contribution in [2.75, 3.05) is 5.32 Å². The number of aryl methyl sites for hydroxylation is 1. The molecule has 0 aliphatic rings. The number of thiophene rings is 1. The second kappa shape index (κ2) is 5.50. The Labute approximate surface area is 124 Å². The fourth-order valence-electron chi connectivity index (χ4n) is 1.37. The molecule has 0 unspecified atom stereocenters. The van der Waals surface area contributed by atoms with Crippen molar-refractivity contribution in [2.24, 2.45) is 0 Å². The van der Waals surface area contributed by atoms with Crippen molar-refractivity contribution in [2.45, 2.75) is 6.92 Å². The molecule has 0 radical (unpaired) electrons. The van der Waals surface area contributed by atoms with E-state index in [1.807, 2.05) is 0 Å². The van der Waals surface area contributed by atoms with Gasteiger partial charge in [0.05, 0.1) is 8.66 Å². The molecule has 0 atom stereocenters. The van der Waals surface area contributed by atoms with Crippen molar-refractivity contribution in [1.29, 1.82) is 0 Å². The number of carbonyl (C=O) groups is 1. The molecule has 0 spiro atoms.